The summed E-state index contributed by atoms with van der Waals surface area (Å²) in [6.45, 7) is 4.43. The molecule has 2 N–H and O–H groups in total. The highest BCUT2D eigenvalue weighted by atomic mass is 16.5. The molecule has 0 aliphatic rings. The van der Waals surface area contributed by atoms with E-state index < -0.39 is 5.91 Å². The first-order valence-corrected chi connectivity index (χ1v) is 9.56. The number of amides is 2. The Labute approximate surface area is 166 Å². The fourth-order valence-corrected chi connectivity index (χ4v) is 2.60. The van der Waals surface area contributed by atoms with Gasteiger partial charge in [0.1, 0.15) is 11.5 Å². The van der Waals surface area contributed by atoms with Crippen molar-refractivity contribution >= 4 is 11.8 Å². The zero-order valence-corrected chi connectivity index (χ0v) is 16.5. The van der Waals surface area contributed by atoms with E-state index in [9.17, 15) is 9.59 Å². The number of hydrazine groups is 1. The molecule has 6 nitrogen and oxygen atoms in total. The minimum absolute atomic E-state index is 0.151. The second kappa shape index (κ2) is 11.6. The van der Waals surface area contributed by atoms with Crippen LogP contribution in [0.2, 0.25) is 0 Å². The highest BCUT2D eigenvalue weighted by Crippen LogP contribution is 2.17. The Morgan fingerprint density at radius 2 is 1.71 bits per heavy atom. The SMILES string of the molecule is CCc1ccccc1OCC(=O)NNC(=O)CCCCOc1cccc(C)c1. The monoisotopic (exact) mass is 384 g/mol. The van der Waals surface area contributed by atoms with Gasteiger partial charge in [-0.25, -0.2) is 0 Å². The summed E-state index contributed by atoms with van der Waals surface area (Å²) in [6, 6.07) is 15.4. The third-order valence-corrected chi connectivity index (χ3v) is 4.11. The molecular formula is C22H28N2O4. The maximum absolute atomic E-state index is 11.8. The number of unbranched alkanes of at least 4 members (excludes halogenated alkanes) is 1. The molecule has 0 aliphatic carbocycles. The van der Waals surface area contributed by atoms with Crippen molar-refractivity contribution in [2.45, 2.75) is 39.5 Å². The first-order valence-electron chi connectivity index (χ1n) is 9.56. The molecule has 2 amide bonds. The molecule has 0 bridgehead atoms. The van der Waals surface area contributed by atoms with Crippen LogP contribution in [0.15, 0.2) is 48.5 Å². The van der Waals surface area contributed by atoms with Gasteiger partial charge < -0.3 is 9.47 Å². The van der Waals surface area contributed by atoms with Crippen LogP contribution in [0, 0.1) is 6.92 Å². The fraction of sp³-hybridized carbons (Fsp3) is 0.364. The van der Waals surface area contributed by atoms with Crippen molar-refractivity contribution in [1.82, 2.24) is 10.9 Å². The molecule has 0 atom stereocenters. The molecule has 0 aromatic heterocycles. The fourth-order valence-electron chi connectivity index (χ4n) is 2.60. The summed E-state index contributed by atoms with van der Waals surface area (Å²) < 4.78 is 11.1. The molecular weight excluding hydrogens is 356 g/mol. The smallest absolute Gasteiger partial charge is 0.276 e. The van der Waals surface area contributed by atoms with Gasteiger partial charge in [-0.1, -0.05) is 37.3 Å². The van der Waals surface area contributed by atoms with E-state index in [0.717, 1.165) is 29.7 Å². The molecule has 150 valence electrons. The van der Waals surface area contributed by atoms with Gasteiger partial charge in [0.25, 0.3) is 5.91 Å². The van der Waals surface area contributed by atoms with E-state index >= 15 is 0 Å². The number of para-hydroxylation sites is 1. The quantitative estimate of drug-likeness (QED) is 0.487. The lowest BCUT2D eigenvalue weighted by Crippen LogP contribution is -2.43. The number of benzene rings is 2. The number of hydrogen-bond donors (Lipinski definition) is 2. The van der Waals surface area contributed by atoms with E-state index in [1.165, 1.54) is 0 Å². The van der Waals surface area contributed by atoms with Gasteiger partial charge in [-0.15, -0.1) is 0 Å². The van der Waals surface area contributed by atoms with Gasteiger partial charge in [0.15, 0.2) is 6.61 Å². The van der Waals surface area contributed by atoms with Crippen molar-refractivity contribution in [3.8, 4) is 11.5 Å². The minimum Gasteiger partial charge on any atom is -0.494 e. The highest BCUT2D eigenvalue weighted by molar-refractivity contribution is 5.82. The predicted octanol–water partition coefficient (Wildman–Crippen LogP) is 3.33. The zero-order chi connectivity index (χ0) is 20.2. The van der Waals surface area contributed by atoms with Crippen molar-refractivity contribution in [3.05, 3.63) is 59.7 Å². The third-order valence-electron chi connectivity index (χ3n) is 4.11. The van der Waals surface area contributed by atoms with Crippen LogP contribution in [0.5, 0.6) is 11.5 Å². The van der Waals surface area contributed by atoms with E-state index in [0.29, 0.717) is 25.2 Å². The van der Waals surface area contributed by atoms with Crippen LogP contribution in [0.3, 0.4) is 0 Å². The molecule has 6 heteroatoms. The lowest BCUT2D eigenvalue weighted by molar-refractivity contribution is -0.130. The van der Waals surface area contributed by atoms with Gasteiger partial charge in [-0.05, 0) is 55.5 Å². The molecule has 0 heterocycles. The van der Waals surface area contributed by atoms with Gasteiger partial charge in [0, 0.05) is 6.42 Å². The lowest BCUT2D eigenvalue weighted by atomic mass is 10.1. The van der Waals surface area contributed by atoms with Crippen molar-refractivity contribution in [2.75, 3.05) is 13.2 Å². The summed E-state index contributed by atoms with van der Waals surface area (Å²) in [7, 11) is 0. The third kappa shape index (κ3) is 7.70. The Morgan fingerprint density at radius 1 is 0.929 bits per heavy atom. The summed E-state index contributed by atoms with van der Waals surface area (Å²) in [5, 5.41) is 0. The molecule has 0 unspecified atom stereocenters. The van der Waals surface area contributed by atoms with E-state index in [1.807, 2.05) is 62.4 Å². The number of carbonyl (C=O) groups excluding carboxylic acids is 2. The van der Waals surface area contributed by atoms with Crippen molar-refractivity contribution < 1.29 is 19.1 Å². The van der Waals surface area contributed by atoms with Crippen LogP contribution in [0.1, 0.15) is 37.3 Å². The van der Waals surface area contributed by atoms with Crippen LogP contribution in [0.4, 0.5) is 0 Å². The van der Waals surface area contributed by atoms with Crippen LogP contribution in [-0.2, 0) is 16.0 Å². The Balaban J connectivity index is 1.56. The molecule has 0 saturated heterocycles. The van der Waals surface area contributed by atoms with Crippen molar-refractivity contribution in [1.29, 1.82) is 0 Å². The van der Waals surface area contributed by atoms with E-state index in [4.69, 9.17) is 9.47 Å². The number of ether oxygens (including phenoxy) is 2. The molecule has 0 fully saturated rings. The largest absolute Gasteiger partial charge is 0.494 e. The van der Waals surface area contributed by atoms with Crippen LogP contribution in [-0.4, -0.2) is 25.0 Å². The number of carbonyl (C=O) groups is 2. The topological polar surface area (TPSA) is 76.7 Å². The maximum Gasteiger partial charge on any atom is 0.276 e. The molecule has 28 heavy (non-hydrogen) atoms. The predicted molar refractivity (Wildman–Crippen MR) is 108 cm³/mol. The number of hydrogen-bond acceptors (Lipinski definition) is 4. The second-order valence-electron chi connectivity index (χ2n) is 6.47. The van der Waals surface area contributed by atoms with Gasteiger partial charge in [0.05, 0.1) is 6.61 Å². The summed E-state index contributed by atoms with van der Waals surface area (Å²) in [5.74, 6) is 0.876. The standard InChI is InChI=1S/C22H28N2O4/c1-3-18-10-4-5-12-20(18)28-16-22(26)24-23-21(25)13-6-7-14-27-19-11-8-9-17(2)15-19/h4-5,8-12,15H,3,6-7,13-14,16H2,1-2H3,(H,23,25)(H,24,26). The Hall–Kier alpha value is -3.02. The van der Waals surface area contributed by atoms with Crippen LogP contribution < -0.4 is 20.3 Å². The summed E-state index contributed by atoms with van der Waals surface area (Å²) >= 11 is 0. The average Bonchev–Trinajstić information content (AvgIpc) is 2.70. The Bertz CT molecular complexity index is 777. The normalized spacial score (nSPS) is 10.2. The molecule has 0 aliphatic heterocycles. The minimum atomic E-state index is -0.401. The van der Waals surface area contributed by atoms with Gasteiger partial charge in [0.2, 0.25) is 5.91 Å². The first-order chi connectivity index (χ1) is 13.6. The van der Waals surface area contributed by atoms with Crippen LogP contribution in [0.25, 0.3) is 0 Å². The number of aryl methyl sites for hydroxylation is 2. The van der Waals surface area contributed by atoms with Gasteiger partial charge in [-0.3, -0.25) is 20.4 Å². The molecule has 0 spiro atoms. The lowest BCUT2D eigenvalue weighted by Gasteiger charge is -2.11. The summed E-state index contributed by atoms with van der Waals surface area (Å²) in [5.41, 5.74) is 6.95. The molecule has 2 aromatic carbocycles. The Morgan fingerprint density at radius 3 is 2.50 bits per heavy atom. The van der Waals surface area contributed by atoms with E-state index in [2.05, 4.69) is 10.9 Å². The summed E-state index contributed by atoms with van der Waals surface area (Å²) in [4.78, 5) is 23.6. The highest BCUT2D eigenvalue weighted by Gasteiger charge is 2.07. The van der Waals surface area contributed by atoms with Crippen molar-refractivity contribution in [2.24, 2.45) is 0 Å². The second-order valence-corrected chi connectivity index (χ2v) is 6.47. The van der Waals surface area contributed by atoms with E-state index in [-0.39, 0.29) is 12.5 Å². The molecule has 2 rings (SSSR count). The number of nitrogens with one attached hydrogen (secondary N) is 2. The molecule has 2 aromatic rings. The summed E-state index contributed by atoms with van der Waals surface area (Å²) in [6.07, 6.45) is 2.57. The van der Waals surface area contributed by atoms with Crippen LogP contribution >= 0.6 is 0 Å². The van der Waals surface area contributed by atoms with E-state index in [1.54, 1.807) is 0 Å². The maximum atomic E-state index is 11.8. The van der Waals surface area contributed by atoms with Gasteiger partial charge in [-0.2, -0.15) is 0 Å². The average molecular weight is 384 g/mol. The first kappa shape index (κ1) is 21.3. The Kier molecular flexibility index (Phi) is 8.85. The van der Waals surface area contributed by atoms with Gasteiger partial charge >= 0.3 is 0 Å². The molecule has 0 radical (unpaired) electrons. The zero-order valence-electron chi connectivity index (χ0n) is 16.5. The number of rotatable bonds is 10. The molecule has 0 saturated carbocycles. The van der Waals surface area contributed by atoms with Crippen molar-refractivity contribution in [3.63, 3.8) is 0 Å².